The number of carbonyl (C=O) groups excluding carboxylic acids is 1. The largest absolute Gasteiger partial charge is 0.362 e. The Labute approximate surface area is 170 Å². The highest BCUT2D eigenvalue weighted by molar-refractivity contribution is 7.65. The SMILES string of the molecule is CCOP(=O)(OCC)/C(=C\CN(OCc1ccccc1)C(C)=O)c1cccs1. The van der Waals surface area contributed by atoms with Crippen LogP contribution in [-0.4, -0.2) is 30.7 Å². The van der Waals surface area contributed by atoms with E-state index in [4.69, 9.17) is 13.9 Å². The summed E-state index contributed by atoms with van der Waals surface area (Å²) in [5.41, 5.74) is 0.950. The molecular formula is C20H26NO5PS. The van der Waals surface area contributed by atoms with Gasteiger partial charge in [-0.1, -0.05) is 36.4 Å². The van der Waals surface area contributed by atoms with Gasteiger partial charge in [-0.2, -0.15) is 0 Å². The monoisotopic (exact) mass is 423 g/mol. The predicted molar refractivity (Wildman–Crippen MR) is 112 cm³/mol. The molecule has 0 aliphatic rings. The molecular weight excluding hydrogens is 397 g/mol. The van der Waals surface area contributed by atoms with Crippen molar-refractivity contribution in [3.63, 3.8) is 0 Å². The molecule has 0 unspecified atom stereocenters. The number of rotatable bonds is 11. The number of thiophene rings is 1. The van der Waals surface area contributed by atoms with Crippen LogP contribution < -0.4 is 0 Å². The third-order valence-electron chi connectivity index (χ3n) is 3.70. The van der Waals surface area contributed by atoms with Gasteiger partial charge in [-0.05, 0) is 36.9 Å². The van der Waals surface area contributed by atoms with Crippen LogP contribution in [0.15, 0.2) is 53.9 Å². The Hall–Kier alpha value is -1.76. The van der Waals surface area contributed by atoms with Crippen LogP contribution in [0.25, 0.3) is 5.31 Å². The standard InChI is InChI=1S/C20H26NO5PS/c1-4-25-27(23,26-5-2)19(20-12-9-15-28-20)13-14-21(17(3)22)24-16-18-10-7-6-8-11-18/h6-13,15H,4-5,14,16H2,1-3H3/b19-13-. The summed E-state index contributed by atoms with van der Waals surface area (Å²) >= 11 is 1.44. The van der Waals surface area contributed by atoms with Crippen molar-refractivity contribution in [1.82, 2.24) is 5.06 Å². The van der Waals surface area contributed by atoms with Crippen LogP contribution in [0, 0.1) is 0 Å². The zero-order chi connectivity index (χ0) is 20.4. The van der Waals surface area contributed by atoms with Crippen LogP contribution in [0.5, 0.6) is 0 Å². The molecule has 0 aliphatic heterocycles. The molecule has 0 saturated heterocycles. The molecule has 0 saturated carbocycles. The maximum atomic E-state index is 13.3. The molecule has 0 N–H and O–H groups in total. The van der Waals surface area contributed by atoms with Gasteiger partial charge in [0.15, 0.2) is 0 Å². The lowest BCUT2D eigenvalue weighted by Gasteiger charge is -2.22. The first-order valence-electron chi connectivity index (χ1n) is 9.08. The Kier molecular flexibility index (Phi) is 9.09. The number of benzene rings is 1. The van der Waals surface area contributed by atoms with E-state index in [2.05, 4.69) is 0 Å². The Morgan fingerprint density at radius 1 is 1.11 bits per heavy atom. The van der Waals surface area contributed by atoms with Gasteiger partial charge in [-0.15, -0.1) is 11.3 Å². The van der Waals surface area contributed by atoms with Gasteiger partial charge in [0.1, 0.15) is 6.61 Å². The molecule has 0 bridgehead atoms. The second kappa shape index (κ2) is 11.3. The molecule has 0 fully saturated rings. The van der Waals surface area contributed by atoms with Gasteiger partial charge in [0.2, 0.25) is 5.91 Å². The summed E-state index contributed by atoms with van der Waals surface area (Å²) in [6, 6.07) is 13.3. The van der Waals surface area contributed by atoms with E-state index in [-0.39, 0.29) is 32.3 Å². The second-order valence-electron chi connectivity index (χ2n) is 5.74. The molecule has 1 amide bonds. The van der Waals surface area contributed by atoms with Crippen LogP contribution >= 0.6 is 18.9 Å². The number of hydrogen-bond donors (Lipinski definition) is 0. The fraction of sp³-hybridized carbons (Fsp3) is 0.350. The van der Waals surface area contributed by atoms with Crippen molar-refractivity contribution in [1.29, 1.82) is 0 Å². The van der Waals surface area contributed by atoms with Gasteiger partial charge in [0.05, 0.1) is 25.1 Å². The number of carbonyl (C=O) groups is 1. The molecule has 6 nitrogen and oxygen atoms in total. The highest BCUT2D eigenvalue weighted by Gasteiger charge is 2.31. The van der Waals surface area contributed by atoms with Gasteiger partial charge < -0.3 is 9.05 Å². The lowest BCUT2D eigenvalue weighted by atomic mass is 10.2. The van der Waals surface area contributed by atoms with Crippen molar-refractivity contribution >= 4 is 30.2 Å². The summed E-state index contributed by atoms with van der Waals surface area (Å²) in [5.74, 6) is -0.250. The van der Waals surface area contributed by atoms with E-state index in [1.165, 1.54) is 23.3 Å². The summed E-state index contributed by atoms with van der Waals surface area (Å²) < 4.78 is 24.3. The third kappa shape index (κ3) is 6.40. The van der Waals surface area contributed by atoms with Crippen molar-refractivity contribution in [2.45, 2.75) is 27.4 Å². The Morgan fingerprint density at radius 2 is 1.79 bits per heavy atom. The minimum Gasteiger partial charge on any atom is -0.305 e. The molecule has 0 aliphatic carbocycles. The molecule has 0 atom stereocenters. The van der Waals surface area contributed by atoms with Crippen LogP contribution in [0.1, 0.15) is 31.2 Å². The zero-order valence-corrected chi connectivity index (χ0v) is 18.1. The molecule has 28 heavy (non-hydrogen) atoms. The number of hydroxylamine groups is 2. The topological polar surface area (TPSA) is 65.1 Å². The molecule has 1 aromatic heterocycles. The second-order valence-corrected chi connectivity index (χ2v) is 8.68. The van der Waals surface area contributed by atoms with E-state index in [1.54, 1.807) is 19.9 Å². The van der Waals surface area contributed by atoms with Crippen LogP contribution in [0.4, 0.5) is 0 Å². The van der Waals surface area contributed by atoms with Crippen LogP contribution in [0.3, 0.4) is 0 Å². The summed E-state index contributed by atoms with van der Waals surface area (Å²) in [6.45, 7) is 5.85. The zero-order valence-electron chi connectivity index (χ0n) is 16.4. The van der Waals surface area contributed by atoms with Gasteiger partial charge >= 0.3 is 7.60 Å². The highest BCUT2D eigenvalue weighted by atomic mass is 32.1. The van der Waals surface area contributed by atoms with E-state index in [9.17, 15) is 9.36 Å². The van der Waals surface area contributed by atoms with E-state index in [0.717, 1.165) is 10.4 Å². The van der Waals surface area contributed by atoms with E-state index < -0.39 is 7.60 Å². The van der Waals surface area contributed by atoms with Gasteiger partial charge in [-0.3, -0.25) is 14.2 Å². The van der Waals surface area contributed by atoms with E-state index >= 15 is 0 Å². The van der Waals surface area contributed by atoms with E-state index in [1.807, 2.05) is 47.8 Å². The van der Waals surface area contributed by atoms with Gasteiger partial charge in [-0.25, -0.2) is 5.06 Å². The first-order valence-corrected chi connectivity index (χ1v) is 11.5. The molecule has 1 aromatic carbocycles. The van der Waals surface area contributed by atoms with Crippen LogP contribution in [-0.2, 0) is 29.9 Å². The normalized spacial score (nSPS) is 12.2. The molecule has 0 radical (unpaired) electrons. The molecule has 8 heteroatoms. The molecule has 1 heterocycles. The van der Waals surface area contributed by atoms with Gasteiger partial charge in [0.25, 0.3) is 0 Å². The smallest absolute Gasteiger partial charge is 0.305 e. The van der Waals surface area contributed by atoms with Crippen molar-refractivity contribution < 1.29 is 23.2 Å². The Bertz CT molecular complexity index is 797. The maximum absolute atomic E-state index is 13.3. The van der Waals surface area contributed by atoms with Crippen molar-refractivity contribution in [3.8, 4) is 0 Å². The molecule has 0 spiro atoms. The summed E-state index contributed by atoms with van der Waals surface area (Å²) in [6.07, 6.45) is 1.68. The fourth-order valence-corrected chi connectivity index (χ4v) is 5.30. The molecule has 2 aromatic rings. The average Bonchev–Trinajstić information content (AvgIpc) is 3.19. The van der Waals surface area contributed by atoms with Crippen molar-refractivity contribution in [2.75, 3.05) is 19.8 Å². The summed E-state index contributed by atoms with van der Waals surface area (Å²) in [7, 11) is -3.50. The Balaban J connectivity index is 2.23. The summed E-state index contributed by atoms with van der Waals surface area (Å²) in [4.78, 5) is 18.4. The molecule has 152 valence electrons. The lowest BCUT2D eigenvalue weighted by molar-refractivity contribution is -0.185. The number of amides is 1. The van der Waals surface area contributed by atoms with Crippen molar-refractivity contribution in [3.05, 3.63) is 64.4 Å². The number of nitrogens with zero attached hydrogens (tertiary/aromatic N) is 1. The maximum Gasteiger partial charge on any atom is 0.362 e. The summed E-state index contributed by atoms with van der Waals surface area (Å²) in [5, 5.41) is 3.57. The fourth-order valence-electron chi connectivity index (χ4n) is 2.46. The first-order chi connectivity index (χ1) is 13.5. The Morgan fingerprint density at radius 3 is 2.32 bits per heavy atom. The van der Waals surface area contributed by atoms with Crippen molar-refractivity contribution in [2.24, 2.45) is 0 Å². The highest BCUT2D eigenvalue weighted by Crippen LogP contribution is 2.61. The minimum absolute atomic E-state index is 0.125. The van der Waals surface area contributed by atoms with Crippen LogP contribution in [0.2, 0.25) is 0 Å². The van der Waals surface area contributed by atoms with Gasteiger partial charge in [0, 0.05) is 11.8 Å². The average molecular weight is 423 g/mol. The van der Waals surface area contributed by atoms with E-state index in [0.29, 0.717) is 5.31 Å². The quantitative estimate of drug-likeness (QED) is 0.361. The lowest BCUT2D eigenvalue weighted by Crippen LogP contribution is -2.29. The minimum atomic E-state index is -3.50. The number of hydrogen-bond acceptors (Lipinski definition) is 6. The first kappa shape index (κ1) is 22.5. The predicted octanol–water partition coefficient (Wildman–Crippen LogP) is 5.34. The third-order valence-corrected chi connectivity index (χ3v) is 6.96. The molecule has 2 rings (SSSR count).